The maximum atomic E-state index is 10.3. The first kappa shape index (κ1) is 18.8. The minimum atomic E-state index is -0.536. The molecule has 0 radical (unpaired) electrons. The largest absolute Gasteiger partial charge is 0.493 e. The number of benzene rings is 1. The van der Waals surface area contributed by atoms with E-state index in [9.17, 15) is 5.11 Å². The van der Waals surface area contributed by atoms with Gasteiger partial charge >= 0.3 is 0 Å². The lowest BCUT2D eigenvalue weighted by Crippen LogP contribution is -2.36. The van der Waals surface area contributed by atoms with Crippen LogP contribution in [0.4, 0.5) is 0 Å². The molecule has 1 aromatic carbocycles. The Morgan fingerprint density at radius 1 is 1.19 bits per heavy atom. The molecular formula is C20H27NO5. The van der Waals surface area contributed by atoms with Crippen molar-refractivity contribution in [3.8, 4) is 11.5 Å². The SMILES string of the molecule is COc1ccc(CN(CC(O)COCc2ccco2)C2CC2)cc1OC. The van der Waals surface area contributed by atoms with Crippen LogP contribution in [0.25, 0.3) is 0 Å². The molecule has 1 N–H and O–H groups in total. The molecule has 1 saturated carbocycles. The van der Waals surface area contributed by atoms with E-state index in [0.29, 0.717) is 19.2 Å². The number of nitrogens with zero attached hydrogens (tertiary/aromatic N) is 1. The fourth-order valence-electron chi connectivity index (χ4n) is 3.01. The topological polar surface area (TPSA) is 64.3 Å². The average Bonchev–Trinajstić information content (AvgIpc) is 3.37. The van der Waals surface area contributed by atoms with Gasteiger partial charge in [0.2, 0.25) is 0 Å². The fraction of sp³-hybridized carbons (Fsp3) is 0.500. The van der Waals surface area contributed by atoms with Crippen molar-refractivity contribution in [2.24, 2.45) is 0 Å². The van der Waals surface area contributed by atoms with Crippen LogP contribution in [0.3, 0.4) is 0 Å². The van der Waals surface area contributed by atoms with Gasteiger partial charge in [0.1, 0.15) is 12.4 Å². The molecule has 1 aromatic heterocycles. The third-order valence-electron chi connectivity index (χ3n) is 4.48. The molecule has 1 heterocycles. The highest BCUT2D eigenvalue weighted by Gasteiger charge is 2.30. The average molecular weight is 361 g/mol. The lowest BCUT2D eigenvalue weighted by molar-refractivity contribution is 0.00246. The summed E-state index contributed by atoms with van der Waals surface area (Å²) in [7, 11) is 3.27. The Bertz CT molecular complexity index is 669. The van der Waals surface area contributed by atoms with E-state index in [4.69, 9.17) is 18.6 Å². The smallest absolute Gasteiger partial charge is 0.161 e. The van der Waals surface area contributed by atoms with Gasteiger partial charge in [0.15, 0.2) is 11.5 Å². The lowest BCUT2D eigenvalue weighted by Gasteiger charge is -2.25. The summed E-state index contributed by atoms with van der Waals surface area (Å²) in [6, 6.07) is 10.2. The van der Waals surface area contributed by atoms with Gasteiger partial charge in [0.25, 0.3) is 0 Å². The number of ether oxygens (including phenoxy) is 3. The van der Waals surface area contributed by atoms with E-state index in [1.54, 1.807) is 20.5 Å². The molecular weight excluding hydrogens is 334 g/mol. The minimum absolute atomic E-state index is 0.288. The number of hydrogen-bond donors (Lipinski definition) is 1. The summed E-state index contributed by atoms with van der Waals surface area (Å²) in [6.07, 6.45) is 3.43. The highest BCUT2D eigenvalue weighted by molar-refractivity contribution is 5.42. The molecule has 6 nitrogen and oxygen atoms in total. The van der Waals surface area contributed by atoms with Crippen molar-refractivity contribution in [1.82, 2.24) is 4.90 Å². The van der Waals surface area contributed by atoms with E-state index in [0.717, 1.165) is 29.4 Å². The molecule has 0 spiro atoms. The first-order valence-corrected chi connectivity index (χ1v) is 8.92. The Labute approximate surface area is 154 Å². The van der Waals surface area contributed by atoms with Gasteiger partial charge in [-0.1, -0.05) is 6.07 Å². The molecule has 0 aliphatic heterocycles. The fourth-order valence-corrected chi connectivity index (χ4v) is 3.01. The van der Waals surface area contributed by atoms with Crippen LogP contribution in [0.5, 0.6) is 11.5 Å². The highest BCUT2D eigenvalue weighted by Crippen LogP contribution is 2.31. The normalized spacial score (nSPS) is 15.2. The van der Waals surface area contributed by atoms with Crippen molar-refractivity contribution in [1.29, 1.82) is 0 Å². The molecule has 2 aromatic rings. The van der Waals surface area contributed by atoms with Gasteiger partial charge in [0, 0.05) is 19.1 Å². The zero-order valence-electron chi connectivity index (χ0n) is 15.4. The van der Waals surface area contributed by atoms with Crippen LogP contribution in [0.15, 0.2) is 41.0 Å². The van der Waals surface area contributed by atoms with Gasteiger partial charge in [0.05, 0.1) is 33.2 Å². The maximum absolute atomic E-state index is 10.3. The third kappa shape index (κ3) is 5.24. The molecule has 0 amide bonds. The van der Waals surface area contributed by atoms with E-state index in [1.165, 1.54) is 12.8 Å². The summed E-state index contributed by atoms with van der Waals surface area (Å²) in [4.78, 5) is 2.31. The lowest BCUT2D eigenvalue weighted by atomic mass is 10.1. The van der Waals surface area contributed by atoms with Crippen molar-refractivity contribution in [3.63, 3.8) is 0 Å². The van der Waals surface area contributed by atoms with E-state index in [2.05, 4.69) is 4.90 Å². The third-order valence-corrected chi connectivity index (χ3v) is 4.48. The van der Waals surface area contributed by atoms with Crippen LogP contribution < -0.4 is 9.47 Å². The van der Waals surface area contributed by atoms with Gasteiger partial charge in [-0.15, -0.1) is 0 Å². The van der Waals surface area contributed by atoms with Crippen LogP contribution in [0.1, 0.15) is 24.2 Å². The quantitative estimate of drug-likeness (QED) is 0.664. The minimum Gasteiger partial charge on any atom is -0.493 e. The van der Waals surface area contributed by atoms with Crippen LogP contribution in [-0.4, -0.2) is 49.5 Å². The van der Waals surface area contributed by atoms with Crippen LogP contribution in [0.2, 0.25) is 0 Å². The van der Waals surface area contributed by atoms with Crippen molar-refractivity contribution in [3.05, 3.63) is 47.9 Å². The van der Waals surface area contributed by atoms with E-state index in [-0.39, 0.29) is 6.61 Å². The van der Waals surface area contributed by atoms with Crippen LogP contribution >= 0.6 is 0 Å². The zero-order chi connectivity index (χ0) is 18.4. The Morgan fingerprint density at radius 3 is 2.65 bits per heavy atom. The van der Waals surface area contributed by atoms with Crippen molar-refractivity contribution >= 4 is 0 Å². The number of methoxy groups -OCH3 is 2. The molecule has 0 saturated heterocycles. The second-order valence-corrected chi connectivity index (χ2v) is 6.60. The zero-order valence-corrected chi connectivity index (χ0v) is 15.4. The molecule has 1 fully saturated rings. The first-order valence-electron chi connectivity index (χ1n) is 8.92. The first-order chi connectivity index (χ1) is 12.7. The molecule has 6 heteroatoms. The van der Waals surface area contributed by atoms with Crippen molar-refractivity contribution in [2.75, 3.05) is 27.4 Å². The van der Waals surface area contributed by atoms with Gasteiger partial charge in [-0.25, -0.2) is 0 Å². The molecule has 1 aliphatic carbocycles. The van der Waals surface area contributed by atoms with E-state index in [1.807, 2.05) is 30.3 Å². The van der Waals surface area contributed by atoms with Gasteiger partial charge in [-0.3, -0.25) is 4.90 Å². The van der Waals surface area contributed by atoms with Gasteiger partial charge < -0.3 is 23.7 Å². The van der Waals surface area contributed by atoms with Gasteiger partial charge in [-0.2, -0.15) is 0 Å². The molecule has 0 bridgehead atoms. The Kier molecular flexibility index (Phi) is 6.55. The predicted molar refractivity (Wildman–Crippen MR) is 97.3 cm³/mol. The summed E-state index contributed by atoms with van der Waals surface area (Å²) in [5, 5.41) is 10.3. The standard InChI is InChI=1S/C20H27NO5/c1-23-19-8-5-15(10-20(19)24-2)11-21(16-6-7-16)12-17(22)13-25-14-18-4-3-9-26-18/h3-5,8-10,16-17,22H,6-7,11-14H2,1-2H3. The number of aliphatic hydroxyl groups is 1. The molecule has 3 rings (SSSR count). The maximum Gasteiger partial charge on any atom is 0.161 e. The Morgan fingerprint density at radius 2 is 2.00 bits per heavy atom. The van der Waals surface area contributed by atoms with Crippen molar-refractivity contribution < 1.29 is 23.7 Å². The van der Waals surface area contributed by atoms with E-state index >= 15 is 0 Å². The second-order valence-electron chi connectivity index (χ2n) is 6.60. The Hall–Kier alpha value is -2.02. The Balaban J connectivity index is 1.52. The second kappa shape index (κ2) is 9.07. The summed E-state index contributed by atoms with van der Waals surface area (Å²) in [5.41, 5.74) is 1.14. The summed E-state index contributed by atoms with van der Waals surface area (Å²) in [6.45, 7) is 2.01. The predicted octanol–water partition coefficient (Wildman–Crippen LogP) is 2.84. The summed E-state index contributed by atoms with van der Waals surface area (Å²) in [5.74, 6) is 2.21. The molecule has 1 atom stereocenters. The monoisotopic (exact) mass is 361 g/mol. The van der Waals surface area contributed by atoms with E-state index < -0.39 is 6.10 Å². The number of hydrogen-bond acceptors (Lipinski definition) is 6. The number of furan rings is 1. The molecule has 142 valence electrons. The molecule has 26 heavy (non-hydrogen) atoms. The van der Waals surface area contributed by atoms with Gasteiger partial charge in [-0.05, 0) is 42.7 Å². The summed E-state index contributed by atoms with van der Waals surface area (Å²) >= 11 is 0. The summed E-state index contributed by atoms with van der Waals surface area (Å²) < 4.78 is 21.5. The molecule has 1 aliphatic rings. The van der Waals surface area contributed by atoms with Crippen LogP contribution in [0, 0.1) is 0 Å². The van der Waals surface area contributed by atoms with Crippen LogP contribution in [-0.2, 0) is 17.9 Å². The highest BCUT2D eigenvalue weighted by atomic mass is 16.5. The van der Waals surface area contributed by atoms with Crippen molar-refractivity contribution in [2.45, 2.75) is 38.1 Å². The number of rotatable bonds is 11. The number of aliphatic hydroxyl groups excluding tert-OH is 1. The molecule has 1 unspecified atom stereocenters.